The van der Waals surface area contributed by atoms with Gasteiger partial charge in [0.15, 0.2) is 29.0 Å². The molecule has 0 saturated heterocycles. The van der Waals surface area contributed by atoms with Crippen molar-refractivity contribution in [2.45, 2.75) is 5.41 Å². The van der Waals surface area contributed by atoms with Crippen LogP contribution < -0.4 is 9.64 Å². The van der Waals surface area contributed by atoms with Crippen LogP contribution in [0.5, 0.6) is 5.75 Å². The van der Waals surface area contributed by atoms with Gasteiger partial charge in [0.1, 0.15) is 16.8 Å². The van der Waals surface area contributed by atoms with Crippen LogP contribution in [0.25, 0.3) is 62.0 Å². The summed E-state index contributed by atoms with van der Waals surface area (Å²) < 4.78 is 14.4. The molecule has 2 aliphatic carbocycles. The van der Waals surface area contributed by atoms with Gasteiger partial charge in [-0.15, -0.1) is 0 Å². The SMILES string of the molecule is c1ccc(-c2nc(-c3ccccc3)nc(-c3ccc4c(c3)C3(C5=C(c6c3oc3ccccc63)N(c3ccccc3)c3ccccc3O5)c3ccccc3-4)n2)cc1. The lowest BCUT2D eigenvalue weighted by atomic mass is 9.75. The van der Waals surface area contributed by atoms with Gasteiger partial charge in [-0.05, 0) is 58.7 Å². The van der Waals surface area contributed by atoms with E-state index < -0.39 is 5.41 Å². The number of ether oxygens (including phenoxy) is 1. The number of nitrogens with zero attached hydrogens (tertiary/aromatic N) is 4. The van der Waals surface area contributed by atoms with E-state index in [1.165, 1.54) is 0 Å². The predicted molar refractivity (Wildman–Crippen MR) is 220 cm³/mol. The molecule has 0 fully saturated rings. The fraction of sp³-hybridized carbons (Fsp3) is 0.0200. The summed E-state index contributed by atoms with van der Waals surface area (Å²) in [6.45, 7) is 0. The first-order valence-corrected chi connectivity index (χ1v) is 18.8. The molecular formula is C50H30N4O2. The number of benzene rings is 7. The molecule has 6 nitrogen and oxygen atoms in total. The van der Waals surface area contributed by atoms with Crippen molar-refractivity contribution in [2.24, 2.45) is 0 Å². The lowest BCUT2D eigenvalue weighted by Crippen LogP contribution is -2.33. The summed E-state index contributed by atoms with van der Waals surface area (Å²) in [5.41, 5.74) is 11.0. The molecule has 12 rings (SSSR count). The minimum atomic E-state index is -0.927. The van der Waals surface area contributed by atoms with E-state index in [0.717, 1.165) is 89.8 Å². The minimum absolute atomic E-state index is 0.587. The number of fused-ring (bicyclic) bond motifs is 12. The maximum absolute atomic E-state index is 7.29. The molecule has 0 N–H and O–H groups in total. The topological polar surface area (TPSA) is 64.3 Å². The van der Waals surface area contributed by atoms with Gasteiger partial charge in [0.05, 0.1) is 16.9 Å². The van der Waals surface area contributed by atoms with Crippen LogP contribution in [-0.4, -0.2) is 15.0 Å². The molecule has 262 valence electrons. The van der Waals surface area contributed by atoms with Crippen molar-refractivity contribution in [1.82, 2.24) is 15.0 Å². The van der Waals surface area contributed by atoms with E-state index in [-0.39, 0.29) is 0 Å². The first kappa shape index (κ1) is 30.8. The van der Waals surface area contributed by atoms with Crippen LogP contribution in [0.2, 0.25) is 0 Å². The Morgan fingerprint density at radius 2 is 1.07 bits per heavy atom. The van der Waals surface area contributed by atoms with E-state index in [2.05, 4.69) is 114 Å². The standard InChI is InChI=1S/C50H30N4O2/c1-4-16-31(17-5-1)47-51-48(32-18-6-2-7-19-32)53-49(52-47)33-28-29-36-35-22-10-12-24-38(35)50(39(36)30-33)45-43(37-23-11-14-26-41(37)55-45)44-46(50)56-42-27-15-13-25-40(42)54(44)34-20-8-3-9-21-34/h1-30H. The van der Waals surface area contributed by atoms with Gasteiger partial charge < -0.3 is 14.1 Å². The van der Waals surface area contributed by atoms with Crippen molar-refractivity contribution < 1.29 is 9.15 Å². The summed E-state index contributed by atoms with van der Waals surface area (Å²) in [4.78, 5) is 17.6. The van der Waals surface area contributed by atoms with Crippen molar-refractivity contribution in [3.05, 3.63) is 210 Å². The summed E-state index contributed by atoms with van der Waals surface area (Å²) in [6, 6.07) is 62.6. The summed E-state index contributed by atoms with van der Waals surface area (Å²) >= 11 is 0. The average Bonchev–Trinajstić information content (AvgIpc) is 3.89. The second-order valence-corrected chi connectivity index (χ2v) is 14.3. The summed E-state index contributed by atoms with van der Waals surface area (Å²) in [6.07, 6.45) is 0. The van der Waals surface area contributed by atoms with E-state index in [4.69, 9.17) is 24.1 Å². The van der Waals surface area contributed by atoms with Gasteiger partial charge in [-0.2, -0.15) is 0 Å². The normalized spacial score (nSPS) is 16.0. The van der Waals surface area contributed by atoms with E-state index in [9.17, 15) is 0 Å². The second-order valence-electron chi connectivity index (χ2n) is 14.3. The first-order chi connectivity index (χ1) is 27.8. The largest absolute Gasteiger partial charge is 0.459 e. The van der Waals surface area contributed by atoms with Gasteiger partial charge in [0.2, 0.25) is 0 Å². The Labute approximate surface area is 322 Å². The molecular weight excluding hydrogens is 689 g/mol. The number of rotatable bonds is 4. The van der Waals surface area contributed by atoms with Crippen LogP contribution in [0.4, 0.5) is 11.4 Å². The van der Waals surface area contributed by atoms with Crippen LogP contribution >= 0.6 is 0 Å². The first-order valence-electron chi connectivity index (χ1n) is 18.8. The molecule has 1 aliphatic heterocycles. The number of hydrogen-bond acceptors (Lipinski definition) is 6. The van der Waals surface area contributed by atoms with Crippen LogP contribution in [0.1, 0.15) is 22.5 Å². The van der Waals surface area contributed by atoms with Gasteiger partial charge >= 0.3 is 0 Å². The van der Waals surface area contributed by atoms with Gasteiger partial charge in [-0.3, -0.25) is 0 Å². The molecule has 0 amide bonds. The van der Waals surface area contributed by atoms with Crippen LogP contribution in [0, 0.1) is 0 Å². The number of furan rings is 1. The third-order valence-corrected chi connectivity index (χ3v) is 11.3. The highest BCUT2D eigenvalue weighted by molar-refractivity contribution is 6.08. The van der Waals surface area contributed by atoms with Crippen molar-refractivity contribution in [3.8, 4) is 51.0 Å². The van der Waals surface area contributed by atoms with E-state index in [0.29, 0.717) is 17.5 Å². The molecule has 56 heavy (non-hydrogen) atoms. The molecule has 1 unspecified atom stereocenters. The molecule has 3 aliphatic rings. The fourth-order valence-corrected chi connectivity index (χ4v) is 8.93. The van der Waals surface area contributed by atoms with Crippen LogP contribution in [0.3, 0.4) is 0 Å². The molecule has 1 spiro atoms. The third-order valence-electron chi connectivity index (χ3n) is 11.3. The smallest absolute Gasteiger partial charge is 0.164 e. The van der Waals surface area contributed by atoms with Gasteiger partial charge in [0.25, 0.3) is 0 Å². The predicted octanol–water partition coefficient (Wildman–Crippen LogP) is 11.8. The molecule has 0 saturated carbocycles. The van der Waals surface area contributed by atoms with Crippen molar-refractivity contribution >= 4 is 28.0 Å². The maximum Gasteiger partial charge on any atom is 0.164 e. The minimum Gasteiger partial charge on any atom is -0.459 e. The highest BCUT2D eigenvalue weighted by atomic mass is 16.5. The van der Waals surface area contributed by atoms with Crippen LogP contribution in [0.15, 0.2) is 192 Å². The Hall–Kier alpha value is -7.57. The monoisotopic (exact) mass is 718 g/mol. The lowest BCUT2D eigenvalue weighted by molar-refractivity contribution is 0.346. The van der Waals surface area contributed by atoms with Crippen molar-refractivity contribution in [1.29, 1.82) is 0 Å². The molecule has 0 bridgehead atoms. The number of hydrogen-bond donors (Lipinski definition) is 0. The zero-order valence-corrected chi connectivity index (χ0v) is 29.9. The lowest BCUT2D eigenvalue weighted by Gasteiger charge is -2.37. The fourth-order valence-electron chi connectivity index (χ4n) is 8.93. The van der Waals surface area contributed by atoms with E-state index in [1.807, 2.05) is 72.8 Å². The molecule has 7 aromatic carbocycles. The number of anilines is 2. The number of aromatic nitrogens is 3. The number of para-hydroxylation sites is 4. The van der Waals surface area contributed by atoms with Crippen molar-refractivity contribution in [3.63, 3.8) is 0 Å². The Morgan fingerprint density at radius 3 is 1.82 bits per heavy atom. The molecule has 2 aromatic heterocycles. The quantitative estimate of drug-likeness (QED) is 0.180. The molecule has 3 heterocycles. The zero-order valence-electron chi connectivity index (χ0n) is 29.9. The summed E-state index contributed by atoms with van der Waals surface area (Å²) in [7, 11) is 0. The Bertz CT molecular complexity index is 3010. The Morgan fingerprint density at radius 1 is 0.482 bits per heavy atom. The Kier molecular flexibility index (Phi) is 6.45. The van der Waals surface area contributed by atoms with Gasteiger partial charge in [0, 0.05) is 27.8 Å². The second kappa shape index (κ2) is 11.7. The molecule has 1 atom stereocenters. The van der Waals surface area contributed by atoms with E-state index in [1.54, 1.807) is 0 Å². The Balaban J connectivity index is 1.17. The van der Waals surface area contributed by atoms with E-state index >= 15 is 0 Å². The van der Waals surface area contributed by atoms with Crippen LogP contribution in [-0.2, 0) is 5.41 Å². The highest BCUT2D eigenvalue weighted by Crippen LogP contribution is 2.66. The van der Waals surface area contributed by atoms with Gasteiger partial charge in [-0.1, -0.05) is 146 Å². The third kappa shape index (κ3) is 4.23. The van der Waals surface area contributed by atoms with Gasteiger partial charge in [-0.25, -0.2) is 15.0 Å². The maximum atomic E-state index is 7.29. The molecule has 6 heteroatoms. The average molecular weight is 719 g/mol. The highest BCUT2D eigenvalue weighted by Gasteiger charge is 2.60. The molecule has 0 radical (unpaired) electrons. The molecule has 9 aromatic rings. The number of allylic oxidation sites excluding steroid dienone is 1. The summed E-state index contributed by atoms with van der Waals surface area (Å²) in [5.74, 6) is 4.25. The summed E-state index contributed by atoms with van der Waals surface area (Å²) in [5, 5.41) is 1.04. The van der Waals surface area contributed by atoms with Crippen molar-refractivity contribution in [2.75, 3.05) is 4.90 Å². The zero-order chi connectivity index (χ0) is 36.8.